The summed E-state index contributed by atoms with van der Waals surface area (Å²) in [6.07, 6.45) is 4.74. The first-order chi connectivity index (χ1) is 7.31. The highest BCUT2D eigenvalue weighted by Gasteiger charge is 2.28. The molecular formula is C12H6O3. The van der Waals surface area contributed by atoms with Gasteiger partial charge in [-0.15, -0.1) is 0 Å². The molecule has 0 radical (unpaired) electrons. The summed E-state index contributed by atoms with van der Waals surface area (Å²) in [5.41, 5.74) is 2.02. The molecule has 0 heterocycles. The molecule has 0 amide bonds. The predicted octanol–water partition coefficient (Wildman–Crippen LogP) is 0.921. The average molecular weight is 198 g/mol. The Morgan fingerprint density at radius 2 is 1.73 bits per heavy atom. The molecule has 2 aliphatic carbocycles. The van der Waals surface area contributed by atoms with Crippen LogP contribution in [0.3, 0.4) is 0 Å². The molecule has 0 aromatic carbocycles. The van der Waals surface area contributed by atoms with E-state index in [1.807, 2.05) is 6.08 Å². The van der Waals surface area contributed by atoms with Crippen molar-refractivity contribution in [3.05, 3.63) is 40.0 Å². The third-order valence-electron chi connectivity index (χ3n) is 2.57. The molecule has 72 valence electrons. The summed E-state index contributed by atoms with van der Waals surface area (Å²) in [5.74, 6) is 5.00. The van der Waals surface area contributed by atoms with E-state index in [9.17, 15) is 14.4 Å². The molecule has 2 rings (SSSR count). The van der Waals surface area contributed by atoms with Crippen molar-refractivity contribution in [3.8, 4) is 0 Å². The summed E-state index contributed by atoms with van der Waals surface area (Å²) in [5, 5.41) is 0. The molecule has 15 heavy (non-hydrogen) atoms. The second kappa shape index (κ2) is 3.53. The minimum Gasteiger partial charge on any atom is -0.233 e. The van der Waals surface area contributed by atoms with E-state index in [1.54, 1.807) is 23.9 Å². The summed E-state index contributed by atoms with van der Waals surface area (Å²) in [7, 11) is 0. The fraction of sp³-hybridized carbons (Fsp3) is 0.167. The van der Waals surface area contributed by atoms with Crippen LogP contribution in [0.2, 0.25) is 0 Å². The van der Waals surface area contributed by atoms with Gasteiger partial charge in [-0.25, -0.2) is 14.4 Å². The van der Waals surface area contributed by atoms with Gasteiger partial charge in [0, 0.05) is 6.42 Å². The Bertz CT molecular complexity index is 541. The summed E-state index contributed by atoms with van der Waals surface area (Å²) >= 11 is 0. The van der Waals surface area contributed by atoms with Crippen molar-refractivity contribution in [1.29, 1.82) is 0 Å². The standard InChI is InChI=1S/C12H6O3/c13-5-9-4-8-2-1-3-10(8)12(7-15)11(9)6-14/h1,3H,2,4H2. The molecule has 0 fully saturated rings. The van der Waals surface area contributed by atoms with Crippen molar-refractivity contribution in [2.45, 2.75) is 12.8 Å². The van der Waals surface area contributed by atoms with Crippen molar-refractivity contribution < 1.29 is 14.4 Å². The van der Waals surface area contributed by atoms with Gasteiger partial charge in [0.1, 0.15) is 17.8 Å². The Labute approximate surface area is 85.8 Å². The fourth-order valence-electron chi connectivity index (χ4n) is 1.87. The normalized spacial score (nSPS) is 18.5. The van der Waals surface area contributed by atoms with Crippen LogP contribution in [0.25, 0.3) is 0 Å². The molecule has 0 atom stereocenters. The van der Waals surface area contributed by atoms with E-state index in [-0.39, 0.29) is 16.7 Å². The molecule has 0 saturated carbocycles. The summed E-state index contributed by atoms with van der Waals surface area (Å²) in [4.78, 5) is 32.1. The second-order valence-electron chi connectivity index (χ2n) is 3.34. The number of rotatable bonds is 0. The number of carbonyl (C=O) groups excluding carboxylic acids is 3. The first-order valence-corrected chi connectivity index (χ1v) is 4.45. The molecule has 0 aromatic heterocycles. The zero-order chi connectivity index (χ0) is 10.8. The highest BCUT2D eigenvalue weighted by molar-refractivity contribution is 5.90. The number of hydrogen-bond acceptors (Lipinski definition) is 3. The molecule has 0 aliphatic heterocycles. The third-order valence-corrected chi connectivity index (χ3v) is 2.57. The largest absolute Gasteiger partial charge is 0.233 e. The van der Waals surface area contributed by atoms with Crippen LogP contribution in [0, 0.1) is 0 Å². The Kier molecular flexibility index (Phi) is 2.21. The van der Waals surface area contributed by atoms with Gasteiger partial charge < -0.3 is 0 Å². The zero-order valence-electron chi connectivity index (χ0n) is 7.79. The van der Waals surface area contributed by atoms with E-state index in [1.165, 1.54) is 0 Å². The maximum atomic E-state index is 10.8. The summed E-state index contributed by atoms with van der Waals surface area (Å²) < 4.78 is 0. The van der Waals surface area contributed by atoms with Crippen LogP contribution in [0.5, 0.6) is 0 Å². The van der Waals surface area contributed by atoms with Gasteiger partial charge >= 0.3 is 0 Å². The minimum atomic E-state index is 0.00491. The van der Waals surface area contributed by atoms with E-state index >= 15 is 0 Å². The molecular weight excluding hydrogens is 192 g/mol. The van der Waals surface area contributed by atoms with Crippen molar-refractivity contribution in [1.82, 2.24) is 0 Å². The van der Waals surface area contributed by atoms with Crippen molar-refractivity contribution in [2.75, 3.05) is 0 Å². The van der Waals surface area contributed by atoms with Gasteiger partial charge in [-0.3, -0.25) is 0 Å². The van der Waals surface area contributed by atoms with Gasteiger partial charge in [0.2, 0.25) is 0 Å². The molecule has 3 nitrogen and oxygen atoms in total. The van der Waals surface area contributed by atoms with Crippen LogP contribution in [0.15, 0.2) is 40.0 Å². The molecule has 2 aliphatic rings. The average Bonchev–Trinajstić information content (AvgIpc) is 2.73. The maximum absolute atomic E-state index is 10.8. The Hall–Kier alpha value is -2.17. The lowest BCUT2D eigenvalue weighted by Crippen LogP contribution is -2.07. The molecule has 3 heteroatoms. The van der Waals surface area contributed by atoms with Crippen LogP contribution in [-0.2, 0) is 14.4 Å². The SMILES string of the molecule is O=C=C1CC2=C(C=CC2)C(=C=O)C1=C=O. The van der Waals surface area contributed by atoms with Crippen LogP contribution in [0.4, 0.5) is 0 Å². The predicted molar refractivity (Wildman–Crippen MR) is 53.0 cm³/mol. The van der Waals surface area contributed by atoms with E-state index in [4.69, 9.17) is 0 Å². The van der Waals surface area contributed by atoms with Crippen molar-refractivity contribution >= 4 is 17.8 Å². The van der Waals surface area contributed by atoms with Crippen LogP contribution in [-0.4, -0.2) is 17.8 Å². The molecule has 0 N–H and O–H groups in total. The highest BCUT2D eigenvalue weighted by Crippen LogP contribution is 2.39. The lowest BCUT2D eigenvalue weighted by Gasteiger charge is -2.16. The lowest BCUT2D eigenvalue weighted by molar-refractivity contribution is 0.562. The third kappa shape index (κ3) is 1.28. The van der Waals surface area contributed by atoms with Gasteiger partial charge in [-0.2, -0.15) is 0 Å². The van der Waals surface area contributed by atoms with E-state index < -0.39 is 0 Å². The topological polar surface area (TPSA) is 51.2 Å². The van der Waals surface area contributed by atoms with Crippen LogP contribution < -0.4 is 0 Å². The van der Waals surface area contributed by atoms with Gasteiger partial charge in [0.25, 0.3) is 0 Å². The highest BCUT2D eigenvalue weighted by atomic mass is 16.1. The first kappa shape index (κ1) is 9.39. The Morgan fingerprint density at radius 1 is 1.00 bits per heavy atom. The van der Waals surface area contributed by atoms with Gasteiger partial charge in [0.05, 0.1) is 16.7 Å². The van der Waals surface area contributed by atoms with E-state index in [0.717, 1.165) is 5.57 Å². The summed E-state index contributed by atoms with van der Waals surface area (Å²) in [6.45, 7) is 0. The summed E-state index contributed by atoms with van der Waals surface area (Å²) in [6, 6.07) is 0. The van der Waals surface area contributed by atoms with Crippen LogP contribution in [0.1, 0.15) is 12.8 Å². The first-order valence-electron chi connectivity index (χ1n) is 4.45. The molecule has 0 spiro atoms. The van der Waals surface area contributed by atoms with Crippen molar-refractivity contribution in [2.24, 2.45) is 0 Å². The van der Waals surface area contributed by atoms with Gasteiger partial charge in [-0.05, 0) is 12.0 Å². The molecule has 0 aromatic rings. The van der Waals surface area contributed by atoms with Gasteiger partial charge in [0.15, 0.2) is 0 Å². The van der Waals surface area contributed by atoms with Crippen molar-refractivity contribution in [3.63, 3.8) is 0 Å². The van der Waals surface area contributed by atoms with E-state index in [0.29, 0.717) is 18.4 Å². The number of hydrogen-bond donors (Lipinski definition) is 0. The minimum absolute atomic E-state index is 0.00491. The molecule has 0 bridgehead atoms. The quantitative estimate of drug-likeness (QED) is 0.544. The monoisotopic (exact) mass is 198 g/mol. The molecule has 0 unspecified atom stereocenters. The lowest BCUT2D eigenvalue weighted by atomic mass is 9.83. The van der Waals surface area contributed by atoms with Crippen LogP contribution >= 0.6 is 0 Å². The maximum Gasteiger partial charge on any atom is 0.134 e. The van der Waals surface area contributed by atoms with E-state index in [2.05, 4.69) is 0 Å². The fourth-order valence-corrected chi connectivity index (χ4v) is 1.87. The Balaban J connectivity index is 2.72. The Morgan fingerprint density at radius 3 is 2.33 bits per heavy atom. The smallest absolute Gasteiger partial charge is 0.134 e. The van der Waals surface area contributed by atoms with Gasteiger partial charge in [-0.1, -0.05) is 17.7 Å². The number of allylic oxidation sites excluding steroid dienone is 7. The molecule has 0 saturated heterocycles. The second-order valence-corrected chi connectivity index (χ2v) is 3.34. The zero-order valence-corrected chi connectivity index (χ0v) is 7.79.